The van der Waals surface area contributed by atoms with Crippen LogP contribution in [0, 0.1) is 11.3 Å². The van der Waals surface area contributed by atoms with Crippen molar-refractivity contribution in [3.63, 3.8) is 0 Å². The van der Waals surface area contributed by atoms with E-state index in [1.54, 1.807) is 19.2 Å². The van der Waals surface area contributed by atoms with E-state index in [0.29, 0.717) is 22.1 Å². The van der Waals surface area contributed by atoms with Crippen molar-refractivity contribution in [3.8, 4) is 11.8 Å². The summed E-state index contributed by atoms with van der Waals surface area (Å²) in [6, 6.07) is 12.9. The summed E-state index contributed by atoms with van der Waals surface area (Å²) >= 11 is 1.30. The number of methoxy groups -OCH3 is 1. The Morgan fingerprint density at radius 1 is 1.38 bits per heavy atom. The molecule has 2 aromatic rings. The second-order valence-corrected chi connectivity index (χ2v) is 7.14. The lowest BCUT2D eigenvalue weighted by molar-refractivity contribution is -0.152. The number of ether oxygens (including phenoxy) is 1. The summed E-state index contributed by atoms with van der Waals surface area (Å²) in [4.78, 5) is 14.2. The number of carbonyl (C=O) groups excluding carboxylic acids is 1. The molecule has 1 fully saturated rings. The molecule has 1 aromatic carbocycles. The molecule has 1 N–H and O–H groups in total. The van der Waals surface area contributed by atoms with Crippen LogP contribution >= 0.6 is 11.8 Å². The molecule has 7 heteroatoms. The van der Waals surface area contributed by atoms with Gasteiger partial charge in [0, 0.05) is 12.3 Å². The molecule has 2 atom stereocenters. The molecule has 0 saturated carbocycles. The molecule has 6 nitrogen and oxygen atoms in total. The largest absolute Gasteiger partial charge is 0.497 e. The van der Waals surface area contributed by atoms with Crippen LogP contribution in [0.3, 0.4) is 0 Å². The fraction of sp³-hybridized carbons (Fsp3) is 0.263. The van der Waals surface area contributed by atoms with Crippen LogP contribution in [0.5, 0.6) is 5.75 Å². The first kappa shape index (κ1) is 16.8. The number of nitrogens with zero attached hydrogens (tertiary/aromatic N) is 2. The van der Waals surface area contributed by atoms with Crippen LogP contribution < -0.4 is 4.74 Å². The van der Waals surface area contributed by atoms with Crippen molar-refractivity contribution in [1.29, 1.82) is 5.26 Å². The van der Waals surface area contributed by atoms with E-state index in [1.165, 1.54) is 22.9 Å². The third-order valence-electron chi connectivity index (χ3n) is 4.74. The van der Waals surface area contributed by atoms with Crippen LogP contribution in [0.2, 0.25) is 0 Å². The highest BCUT2D eigenvalue weighted by Crippen LogP contribution is 2.51. The van der Waals surface area contributed by atoms with E-state index in [1.807, 2.05) is 24.3 Å². The minimum Gasteiger partial charge on any atom is -0.497 e. The molecular weight excluding hydrogens is 352 g/mol. The summed E-state index contributed by atoms with van der Waals surface area (Å²) in [6.07, 6.45) is 1.57. The van der Waals surface area contributed by atoms with Crippen LogP contribution in [0.4, 0.5) is 0 Å². The number of nitriles is 1. The molecule has 0 radical (unpaired) electrons. The number of thioether (sulfide) groups is 1. The standard InChI is InChI=1S/C19H16N2O4S/c1-24-13-6-4-12(5-7-13)14-9-17(22)21-18(15(14)10-20)26-11-19(21,23)16-3-2-8-25-16/h2-8,14,23H,9,11H2,1H3/t14-,19-/m1/s1. The zero-order valence-corrected chi connectivity index (χ0v) is 14.8. The van der Waals surface area contributed by atoms with E-state index in [4.69, 9.17) is 9.15 Å². The van der Waals surface area contributed by atoms with Crippen molar-refractivity contribution in [3.05, 3.63) is 64.6 Å². The summed E-state index contributed by atoms with van der Waals surface area (Å²) in [6.45, 7) is 0. The van der Waals surface area contributed by atoms with Gasteiger partial charge in [0.1, 0.15) is 5.75 Å². The molecule has 1 saturated heterocycles. The van der Waals surface area contributed by atoms with E-state index >= 15 is 0 Å². The first-order valence-electron chi connectivity index (χ1n) is 8.09. The van der Waals surface area contributed by atoms with Crippen LogP contribution in [0.25, 0.3) is 0 Å². The highest BCUT2D eigenvalue weighted by molar-refractivity contribution is 8.03. The third-order valence-corrected chi connectivity index (χ3v) is 5.97. The average molecular weight is 368 g/mol. The number of benzene rings is 1. The molecule has 3 heterocycles. The van der Waals surface area contributed by atoms with Crippen molar-refractivity contribution in [2.75, 3.05) is 12.9 Å². The first-order chi connectivity index (χ1) is 12.6. The lowest BCUT2D eigenvalue weighted by Gasteiger charge is -2.36. The maximum atomic E-state index is 12.9. The summed E-state index contributed by atoms with van der Waals surface area (Å²) in [7, 11) is 1.59. The average Bonchev–Trinajstić information content (AvgIpc) is 3.31. The molecule has 26 heavy (non-hydrogen) atoms. The second-order valence-electron chi connectivity index (χ2n) is 6.17. The van der Waals surface area contributed by atoms with Crippen molar-refractivity contribution < 1.29 is 19.1 Å². The van der Waals surface area contributed by atoms with Crippen molar-refractivity contribution in [1.82, 2.24) is 4.90 Å². The van der Waals surface area contributed by atoms with E-state index in [0.717, 1.165) is 5.56 Å². The molecular formula is C19H16N2O4S. The zero-order valence-electron chi connectivity index (χ0n) is 14.0. The van der Waals surface area contributed by atoms with Gasteiger partial charge >= 0.3 is 0 Å². The van der Waals surface area contributed by atoms with Gasteiger partial charge in [0.25, 0.3) is 0 Å². The van der Waals surface area contributed by atoms with Gasteiger partial charge in [-0.1, -0.05) is 12.1 Å². The van der Waals surface area contributed by atoms with E-state index in [9.17, 15) is 15.2 Å². The number of hydrogen-bond donors (Lipinski definition) is 1. The first-order valence-corrected chi connectivity index (χ1v) is 9.07. The number of carbonyl (C=O) groups is 1. The van der Waals surface area contributed by atoms with Gasteiger partial charge in [-0.25, -0.2) is 0 Å². The van der Waals surface area contributed by atoms with Crippen LogP contribution in [-0.4, -0.2) is 28.8 Å². The molecule has 2 aliphatic heterocycles. The molecule has 1 aromatic heterocycles. The Morgan fingerprint density at radius 3 is 2.77 bits per heavy atom. The Bertz CT molecular complexity index is 914. The van der Waals surface area contributed by atoms with Gasteiger partial charge in [-0.3, -0.25) is 9.69 Å². The Morgan fingerprint density at radius 2 is 2.15 bits per heavy atom. The second kappa shape index (κ2) is 6.24. The maximum absolute atomic E-state index is 12.9. The van der Waals surface area contributed by atoms with Gasteiger partial charge in [-0.2, -0.15) is 5.26 Å². The SMILES string of the molecule is COc1ccc([C@H]2CC(=O)N3C(=C2C#N)SC[C@@]3(O)c2ccco2)cc1. The van der Waals surface area contributed by atoms with Gasteiger partial charge < -0.3 is 14.3 Å². The quantitative estimate of drug-likeness (QED) is 0.896. The Balaban J connectivity index is 1.78. The van der Waals surface area contributed by atoms with Crippen LogP contribution in [-0.2, 0) is 10.5 Å². The minimum atomic E-state index is -1.56. The van der Waals surface area contributed by atoms with Gasteiger partial charge in [0.05, 0.1) is 35.8 Å². The smallest absolute Gasteiger partial charge is 0.231 e. The zero-order chi connectivity index (χ0) is 18.3. The number of aliphatic hydroxyl groups is 1. The fourth-order valence-corrected chi connectivity index (χ4v) is 4.77. The van der Waals surface area contributed by atoms with E-state index in [-0.39, 0.29) is 24.0 Å². The van der Waals surface area contributed by atoms with Crippen molar-refractivity contribution >= 4 is 17.7 Å². The summed E-state index contributed by atoms with van der Waals surface area (Å²) in [5, 5.41) is 21.4. The highest BCUT2D eigenvalue weighted by Gasteiger charge is 2.53. The van der Waals surface area contributed by atoms with Gasteiger partial charge in [0.15, 0.2) is 5.76 Å². The summed E-state index contributed by atoms with van der Waals surface area (Å²) < 4.78 is 10.5. The number of amides is 1. The lowest BCUT2D eigenvalue weighted by Crippen LogP contribution is -2.48. The Hall–Kier alpha value is -2.69. The predicted octanol–water partition coefficient (Wildman–Crippen LogP) is 2.93. The normalized spacial score (nSPS) is 25.2. The molecule has 1 amide bonds. The monoisotopic (exact) mass is 368 g/mol. The fourth-order valence-electron chi connectivity index (χ4n) is 3.44. The summed E-state index contributed by atoms with van der Waals surface area (Å²) in [5.41, 5.74) is -0.202. The number of rotatable bonds is 3. The van der Waals surface area contributed by atoms with E-state index in [2.05, 4.69) is 6.07 Å². The van der Waals surface area contributed by atoms with Crippen LogP contribution in [0.1, 0.15) is 23.7 Å². The van der Waals surface area contributed by atoms with Gasteiger partial charge in [-0.05, 0) is 29.8 Å². The Kier molecular flexibility index (Phi) is 4.02. The lowest BCUT2D eigenvalue weighted by atomic mass is 9.86. The van der Waals surface area contributed by atoms with Crippen molar-refractivity contribution in [2.45, 2.75) is 18.1 Å². The summed E-state index contributed by atoms with van der Waals surface area (Å²) in [5.74, 6) is 0.668. The molecule has 0 unspecified atom stereocenters. The predicted molar refractivity (Wildman–Crippen MR) is 94.9 cm³/mol. The minimum absolute atomic E-state index is 0.113. The van der Waals surface area contributed by atoms with Crippen molar-refractivity contribution in [2.24, 2.45) is 0 Å². The maximum Gasteiger partial charge on any atom is 0.231 e. The number of hydrogen-bond acceptors (Lipinski definition) is 6. The third kappa shape index (κ3) is 2.42. The number of furan rings is 1. The van der Waals surface area contributed by atoms with Gasteiger partial charge in [0.2, 0.25) is 11.6 Å². The topological polar surface area (TPSA) is 86.7 Å². The molecule has 132 valence electrons. The van der Waals surface area contributed by atoms with E-state index < -0.39 is 5.72 Å². The number of allylic oxidation sites excluding steroid dienone is 1. The number of fused-ring (bicyclic) bond motifs is 1. The molecule has 2 aliphatic rings. The van der Waals surface area contributed by atoms with Gasteiger partial charge in [-0.15, -0.1) is 11.8 Å². The molecule has 0 spiro atoms. The molecule has 0 bridgehead atoms. The Labute approximate surface area is 154 Å². The van der Waals surface area contributed by atoms with Crippen LogP contribution in [0.15, 0.2) is 57.7 Å². The molecule has 0 aliphatic carbocycles. The highest BCUT2D eigenvalue weighted by atomic mass is 32.2. The molecule has 4 rings (SSSR count).